The fourth-order valence-electron chi connectivity index (χ4n) is 5.26. The zero-order valence-electron chi connectivity index (χ0n) is 28.8. The maximum Gasteiger partial charge on any atom is 0.272 e. The monoisotopic (exact) mass is 794 g/mol. The van der Waals surface area contributed by atoms with Gasteiger partial charge < -0.3 is 25.4 Å². The highest BCUT2D eigenvalue weighted by Gasteiger charge is 2.24. The lowest BCUT2D eigenvalue weighted by atomic mass is 10.1. The van der Waals surface area contributed by atoms with Crippen molar-refractivity contribution in [1.82, 2.24) is 10.3 Å². The van der Waals surface area contributed by atoms with Crippen LogP contribution in [0.2, 0.25) is 10.0 Å². The number of hydrogen-bond donors (Lipinski definition) is 3. The summed E-state index contributed by atoms with van der Waals surface area (Å²) in [6.45, 7) is 0. The van der Waals surface area contributed by atoms with Gasteiger partial charge in [-0.1, -0.05) is 83.9 Å². The molecule has 6 aromatic rings. The smallest absolute Gasteiger partial charge is 0.272 e. The molecule has 272 valence electrons. The second-order valence-corrected chi connectivity index (χ2v) is 14.4. The van der Waals surface area contributed by atoms with Crippen molar-refractivity contribution in [2.45, 2.75) is 10.1 Å². The molecule has 3 amide bonds. The van der Waals surface area contributed by atoms with Crippen molar-refractivity contribution in [3.63, 3.8) is 0 Å². The van der Waals surface area contributed by atoms with Gasteiger partial charge in [-0.15, -0.1) is 23.1 Å². The molecule has 13 heteroatoms. The van der Waals surface area contributed by atoms with Crippen molar-refractivity contribution in [3.05, 3.63) is 159 Å². The van der Waals surface area contributed by atoms with Crippen molar-refractivity contribution in [3.8, 4) is 22.8 Å². The normalized spacial score (nSPS) is 11.7. The predicted octanol–water partition coefficient (Wildman–Crippen LogP) is 10.0. The Labute approximate surface area is 330 Å². The average Bonchev–Trinajstić information content (AvgIpc) is 3.65. The van der Waals surface area contributed by atoms with Gasteiger partial charge in [0.25, 0.3) is 11.8 Å². The van der Waals surface area contributed by atoms with Gasteiger partial charge in [-0.3, -0.25) is 14.4 Å². The lowest BCUT2D eigenvalue weighted by Gasteiger charge is -2.17. The predicted molar refractivity (Wildman–Crippen MR) is 218 cm³/mol. The first-order valence-corrected chi connectivity index (χ1v) is 18.9. The quantitative estimate of drug-likeness (QED) is 0.0787. The molecular formula is C41H32Cl2N4O5S2. The zero-order valence-corrected chi connectivity index (χ0v) is 32.0. The summed E-state index contributed by atoms with van der Waals surface area (Å²) in [5, 5.41) is 11.1. The molecule has 0 saturated heterocycles. The summed E-state index contributed by atoms with van der Waals surface area (Å²) in [7, 11) is 3.05. The molecule has 0 aliphatic heterocycles. The second kappa shape index (κ2) is 18.0. The highest BCUT2D eigenvalue weighted by atomic mass is 35.5. The van der Waals surface area contributed by atoms with Crippen LogP contribution in [0.25, 0.3) is 17.3 Å². The Balaban J connectivity index is 1.23. The van der Waals surface area contributed by atoms with Crippen LogP contribution in [0, 0.1) is 0 Å². The molecule has 0 fully saturated rings. The summed E-state index contributed by atoms with van der Waals surface area (Å²) < 4.78 is 10.8. The van der Waals surface area contributed by atoms with Gasteiger partial charge in [0.15, 0.2) is 16.6 Å². The highest BCUT2D eigenvalue weighted by Crippen LogP contribution is 2.38. The number of hydrogen-bond acceptors (Lipinski definition) is 8. The van der Waals surface area contributed by atoms with Crippen LogP contribution in [0.15, 0.2) is 137 Å². The Bertz CT molecular complexity index is 2320. The number of thiazole rings is 1. The van der Waals surface area contributed by atoms with E-state index < -0.39 is 17.1 Å². The van der Waals surface area contributed by atoms with E-state index in [0.29, 0.717) is 59.6 Å². The van der Waals surface area contributed by atoms with Crippen LogP contribution in [0.3, 0.4) is 0 Å². The fourth-order valence-corrected chi connectivity index (χ4v) is 7.56. The number of rotatable bonds is 13. The first-order valence-electron chi connectivity index (χ1n) is 16.4. The SMILES string of the molecule is COc1ccc(/C=C(/NC(=O)c2ccccc2)C(=O)Nc2cccc(SC(C(=O)Nc3nc(-c4ccc(Cl)cc4Cl)cs3)c3ccccc3)c2)cc1OC. The summed E-state index contributed by atoms with van der Waals surface area (Å²) in [6.07, 6.45) is 1.55. The molecule has 0 bridgehead atoms. The van der Waals surface area contributed by atoms with E-state index in [1.807, 2.05) is 41.8 Å². The number of aromatic nitrogens is 1. The molecule has 54 heavy (non-hydrogen) atoms. The molecule has 3 N–H and O–H groups in total. The third-order valence-electron chi connectivity index (χ3n) is 7.88. The molecule has 0 aliphatic carbocycles. The van der Waals surface area contributed by atoms with Crippen LogP contribution >= 0.6 is 46.3 Å². The molecule has 1 atom stereocenters. The molecule has 0 radical (unpaired) electrons. The number of halogens is 2. The number of anilines is 2. The Morgan fingerprint density at radius 3 is 2.26 bits per heavy atom. The molecular weight excluding hydrogens is 764 g/mol. The molecule has 5 aromatic carbocycles. The minimum atomic E-state index is -0.672. The van der Waals surface area contributed by atoms with Gasteiger partial charge in [-0.2, -0.15) is 0 Å². The molecule has 1 unspecified atom stereocenters. The van der Waals surface area contributed by atoms with Crippen molar-refractivity contribution in [1.29, 1.82) is 0 Å². The summed E-state index contributed by atoms with van der Waals surface area (Å²) in [6, 6.07) is 35.4. The van der Waals surface area contributed by atoms with E-state index in [1.54, 1.807) is 91.0 Å². The number of thioether (sulfide) groups is 1. The third kappa shape index (κ3) is 9.68. The van der Waals surface area contributed by atoms with Crippen molar-refractivity contribution in [2.24, 2.45) is 0 Å². The van der Waals surface area contributed by atoms with Crippen molar-refractivity contribution < 1.29 is 23.9 Å². The number of carbonyl (C=O) groups excluding carboxylic acids is 3. The molecule has 0 aliphatic rings. The topological polar surface area (TPSA) is 119 Å². The largest absolute Gasteiger partial charge is 0.493 e. The standard InChI is InChI=1S/C41H32Cl2N4O5S2/c1-51-35-19-16-25(21-36(35)52-2)20-33(45-38(48)27-12-7-4-8-13-27)39(49)44-29-14-9-15-30(23-29)54-37(26-10-5-3-6-11-26)40(50)47-41-46-34(24-53-41)31-18-17-28(42)22-32(31)43/h3-24,37H,1-2H3,(H,44,49)(H,45,48)(H,46,47,50)/b33-20+. The summed E-state index contributed by atoms with van der Waals surface area (Å²) in [5.41, 5.74) is 3.52. The second-order valence-electron chi connectivity index (χ2n) is 11.5. The Kier molecular flexibility index (Phi) is 12.7. The first kappa shape index (κ1) is 38.1. The lowest BCUT2D eigenvalue weighted by Crippen LogP contribution is -2.30. The van der Waals surface area contributed by atoms with E-state index in [2.05, 4.69) is 20.9 Å². The average molecular weight is 796 g/mol. The Hall–Kier alpha value is -5.59. The van der Waals surface area contributed by atoms with Gasteiger partial charge in [0.1, 0.15) is 10.9 Å². The number of ether oxygens (including phenoxy) is 2. The number of benzene rings is 5. The van der Waals surface area contributed by atoms with Gasteiger partial charge in [0, 0.05) is 32.1 Å². The van der Waals surface area contributed by atoms with E-state index in [9.17, 15) is 14.4 Å². The fraction of sp³-hybridized carbons (Fsp3) is 0.0732. The van der Waals surface area contributed by atoms with Crippen molar-refractivity contribution >= 4 is 80.9 Å². The first-order chi connectivity index (χ1) is 26.2. The maximum absolute atomic E-state index is 13.9. The maximum atomic E-state index is 13.9. The summed E-state index contributed by atoms with van der Waals surface area (Å²) in [4.78, 5) is 46.2. The third-order valence-corrected chi connectivity index (χ3v) is 10.4. The Morgan fingerprint density at radius 1 is 0.796 bits per heavy atom. The van der Waals surface area contributed by atoms with Crippen LogP contribution < -0.4 is 25.4 Å². The number of nitrogens with one attached hydrogen (secondary N) is 3. The van der Waals surface area contributed by atoms with Crippen LogP contribution in [-0.4, -0.2) is 36.9 Å². The van der Waals surface area contributed by atoms with Crippen LogP contribution in [0.4, 0.5) is 10.8 Å². The number of nitrogens with zero attached hydrogens (tertiary/aromatic N) is 1. The molecule has 9 nitrogen and oxygen atoms in total. The minimum Gasteiger partial charge on any atom is -0.493 e. The van der Waals surface area contributed by atoms with E-state index in [0.717, 1.165) is 5.56 Å². The number of methoxy groups -OCH3 is 2. The molecule has 0 spiro atoms. The van der Waals surface area contributed by atoms with Gasteiger partial charge in [-0.25, -0.2) is 4.98 Å². The zero-order chi connectivity index (χ0) is 38.0. The van der Waals surface area contributed by atoms with Gasteiger partial charge in [0.05, 0.1) is 24.9 Å². The van der Waals surface area contributed by atoms with E-state index >= 15 is 0 Å². The van der Waals surface area contributed by atoms with Crippen LogP contribution in [-0.2, 0) is 9.59 Å². The summed E-state index contributed by atoms with van der Waals surface area (Å²) in [5.74, 6) is -0.322. The summed E-state index contributed by atoms with van der Waals surface area (Å²) >= 11 is 15.1. The van der Waals surface area contributed by atoms with Gasteiger partial charge >= 0.3 is 0 Å². The van der Waals surface area contributed by atoms with E-state index in [1.165, 1.54) is 37.3 Å². The van der Waals surface area contributed by atoms with Gasteiger partial charge in [0.2, 0.25) is 5.91 Å². The van der Waals surface area contributed by atoms with Gasteiger partial charge in [-0.05, 0) is 77.9 Å². The van der Waals surface area contributed by atoms with Crippen LogP contribution in [0.5, 0.6) is 11.5 Å². The Morgan fingerprint density at radius 2 is 1.54 bits per heavy atom. The highest BCUT2D eigenvalue weighted by molar-refractivity contribution is 8.00. The van der Waals surface area contributed by atoms with Crippen molar-refractivity contribution in [2.75, 3.05) is 24.9 Å². The minimum absolute atomic E-state index is 0.00151. The number of carbonyl (C=O) groups is 3. The number of amides is 3. The van der Waals surface area contributed by atoms with Crippen LogP contribution in [0.1, 0.15) is 26.7 Å². The van der Waals surface area contributed by atoms with E-state index in [-0.39, 0.29) is 11.6 Å². The van der Waals surface area contributed by atoms with E-state index in [4.69, 9.17) is 32.7 Å². The lowest BCUT2D eigenvalue weighted by molar-refractivity contribution is -0.116. The molecule has 1 aromatic heterocycles. The molecule has 6 rings (SSSR count). The molecule has 0 saturated carbocycles. The molecule has 1 heterocycles.